The summed E-state index contributed by atoms with van der Waals surface area (Å²) in [6.07, 6.45) is 3.15. The fourth-order valence-corrected chi connectivity index (χ4v) is 8.87. The van der Waals surface area contributed by atoms with E-state index in [0.717, 1.165) is 56.0 Å². The molecule has 4 heterocycles. The fourth-order valence-electron chi connectivity index (χ4n) is 8.63. The third-order valence-corrected chi connectivity index (χ3v) is 11.8. The number of imide groups is 1. The maximum Gasteiger partial charge on any atom is 0.255 e. The summed E-state index contributed by atoms with van der Waals surface area (Å²) in [7, 11) is 1.90. The molecule has 1 saturated heterocycles. The van der Waals surface area contributed by atoms with Crippen molar-refractivity contribution < 1.29 is 37.8 Å². The Morgan fingerprint density at radius 1 is 0.917 bits per heavy atom. The molecule has 2 aliphatic heterocycles. The van der Waals surface area contributed by atoms with Gasteiger partial charge >= 0.3 is 0 Å². The Hall–Kier alpha value is -6.05. The van der Waals surface area contributed by atoms with E-state index >= 15 is 0 Å². The number of aromatic nitrogens is 3. The van der Waals surface area contributed by atoms with Crippen LogP contribution in [0.5, 0.6) is 11.5 Å². The monoisotopic (exact) mass is 833 g/mol. The molecule has 4 aromatic carbocycles. The molecule has 3 amide bonds. The number of carbonyl (C=O) groups excluding carboxylic acids is 4. The second-order valence-electron chi connectivity index (χ2n) is 15.2. The highest BCUT2D eigenvalue weighted by Crippen LogP contribution is 2.42. The second-order valence-corrected chi connectivity index (χ2v) is 15.6. The fraction of sp³-hybridized carbons (Fsp3) is 0.326. The third kappa shape index (κ3) is 7.75. The van der Waals surface area contributed by atoms with E-state index in [-0.39, 0.29) is 50.2 Å². The molecule has 60 heavy (non-hydrogen) atoms. The largest absolute Gasteiger partial charge is 0.493 e. The highest BCUT2D eigenvalue weighted by atomic mass is 35.5. The van der Waals surface area contributed by atoms with Crippen LogP contribution in [0.15, 0.2) is 66.7 Å². The molecule has 0 bridgehead atoms. The van der Waals surface area contributed by atoms with E-state index in [1.54, 1.807) is 24.3 Å². The van der Waals surface area contributed by atoms with Crippen LogP contribution in [0.2, 0.25) is 5.02 Å². The summed E-state index contributed by atoms with van der Waals surface area (Å²) >= 11 is 7.02. The van der Waals surface area contributed by atoms with E-state index in [1.165, 1.54) is 17.0 Å². The highest BCUT2D eigenvalue weighted by molar-refractivity contribution is 6.35. The summed E-state index contributed by atoms with van der Waals surface area (Å²) in [5, 5.41) is 10.1. The Labute approximate surface area is 351 Å². The zero-order chi connectivity index (χ0) is 42.1. The minimum atomic E-state index is -0.708. The molecule has 310 valence electrons. The van der Waals surface area contributed by atoms with Gasteiger partial charge in [0.2, 0.25) is 11.8 Å². The number of nitrogens with zero attached hydrogens (tertiary/aromatic N) is 4. The zero-order valence-electron chi connectivity index (χ0n) is 33.7. The predicted octanol–water partition coefficient (Wildman–Crippen LogP) is 7.68. The van der Waals surface area contributed by atoms with Gasteiger partial charge < -0.3 is 23.7 Å². The number of benzene rings is 4. The van der Waals surface area contributed by atoms with Crippen LogP contribution < -0.4 is 14.8 Å². The lowest BCUT2D eigenvalue weighted by Gasteiger charge is -2.29. The molecule has 2 aromatic heterocycles. The van der Waals surface area contributed by atoms with Gasteiger partial charge in [0.25, 0.3) is 5.91 Å². The first-order chi connectivity index (χ1) is 29.0. The van der Waals surface area contributed by atoms with Gasteiger partial charge in [0, 0.05) is 65.3 Å². The quantitative estimate of drug-likeness (QED) is 0.0597. The molecule has 1 N–H and O–H groups in total. The number of rotatable bonds is 16. The average Bonchev–Trinajstić information content (AvgIpc) is 3.82. The number of ether oxygens (including phenoxy) is 3. The van der Waals surface area contributed by atoms with Crippen molar-refractivity contribution in [3.63, 3.8) is 0 Å². The average molecular weight is 834 g/mol. The maximum absolute atomic E-state index is 13.9. The van der Waals surface area contributed by atoms with Gasteiger partial charge in [-0.1, -0.05) is 35.9 Å². The van der Waals surface area contributed by atoms with Gasteiger partial charge in [0.05, 0.1) is 41.7 Å². The minimum Gasteiger partial charge on any atom is -0.493 e. The van der Waals surface area contributed by atoms with Crippen LogP contribution in [-0.4, -0.2) is 75.7 Å². The van der Waals surface area contributed by atoms with Crippen LogP contribution in [0, 0.1) is 19.7 Å². The number of hydrogen-bond donors (Lipinski definition) is 1. The van der Waals surface area contributed by atoms with Gasteiger partial charge in [0.15, 0.2) is 6.29 Å². The van der Waals surface area contributed by atoms with Crippen LogP contribution in [-0.2, 0) is 40.9 Å². The zero-order valence-corrected chi connectivity index (χ0v) is 34.4. The van der Waals surface area contributed by atoms with Gasteiger partial charge in [-0.2, -0.15) is 5.10 Å². The number of hydrogen-bond acceptors (Lipinski definition) is 8. The lowest BCUT2D eigenvalue weighted by atomic mass is 9.98. The van der Waals surface area contributed by atoms with Crippen molar-refractivity contribution in [1.29, 1.82) is 0 Å². The molecule has 0 spiro atoms. The summed E-state index contributed by atoms with van der Waals surface area (Å²) in [4.78, 5) is 51.9. The minimum absolute atomic E-state index is 0.183. The summed E-state index contributed by atoms with van der Waals surface area (Å²) in [5.41, 5.74) is 7.04. The third-order valence-electron chi connectivity index (χ3n) is 11.5. The van der Waals surface area contributed by atoms with Crippen LogP contribution in [0.4, 0.5) is 4.39 Å². The summed E-state index contributed by atoms with van der Waals surface area (Å²) in [6, 6.07) is 18.6. The van der Waals surface area contributed by atoms with Crippen molar-refractivity contribution >= 4 is 57.3 Å². The van der Waals surface area contributed by atoms with Crippen molar-refractivity contribution in [2.45, 2.75) is 65.1 Å². The van der Waals surface area contributed by atoms with E-state index in [0.29, 0.717) is 72.4 Å². The van der Waals surface area contributed by atoms with Gasteiger partial charge in [-0.15, -0.1) is 0 Å². The Bertz CT molecular complexity index is 2670. The van der Waals surface area contributed by atoms with Crippen molar-refractivity contribution in [2.75, 3.05) is 26.4 Å². The predicted molar refractivity (Wildman–Crippen MR) is 225 cm³/mol. The van der Waals surface area contributed by atoms with Crippen molar-refractivity contribution in [2.24, 2.45) is 7.05 Å². The van der Waals surface area contributed by atoms with Crippen molar-refractivity contribution in [3.8, 4) is 22.6 Å². The summed E-state index contributed by atoms with van der Waals surface area (Å²) in [5.74, 6) is -0.139. The molecule has 14 heteroatoms. The molecule has 2 aliphatic rings. The van der Waals surface area contributed by atoms with E-state index in [2.05, 4.69) is 10.4 Å². The van der Waals surface area contributed by atoms with Gasteiger partial charge in [-0.3, -0.25) is 29.2 Å². The Kier molecular flexibility index (Phi) is 11.7. The SMILES string of the molecule is Cc1nn(C)c(C)c1-c1c(Cl)ccc2c(CCCOc3cccc4cc(F)ccc34)c(C=O)n(CCCOCCOc3cccc4c3CN(C3CCC(=O)NC3=O)C4=O)c12. The molecule has 0 aliphatic carbocycles. The van der Waals surface area contributed by atoms with Crippen molar-refractivity contribution in [1.82, 2.24) is 24.6 Å². The molecule has 1 atom stereocenters. The Morgan fingerprint density at radius 2 is 1.70 bits per heavy atom. The molecule has 0 radical (unpaired) electrons. The number of aldehydes is 1. The highest BCUT2D eigenvalue weighted by Gasteiger charge is 2.40. The number of aryl methyl sites for hydroxylation is 4. The second kappa shape index (κ2) is 17.3. The molecule has 0 saturated carbocycles. The maximum atomic E-state index is 13.9. The van der Waals surface area contributed by atoms with Crippen molar-refractivity contribution in [3.05, 3.63) is 111 Å². The lowest BCUT2D eigenvalue weighted by molar-refractivity contribution is -0.136. The van der Waals surface area contributed by atoms with Gasteiger partial charge in [-0.25, -0.2) is 4.39 Å². The van der Waals surface area contributed by atoms with Crippen LogP contribution in [0.3, 0.4) is 0 Å². The van der Waals surface area contributed by atoms with E-state index < -0.39 is 11.9 Å². The van der Waals surface area contributed by atoms with E-state index in [9.17, 15) is 23.6 Å². The first-order valence-corrected chi connectivity index (χ1v) is 20.5. The number of carbonyl (C=O) groups is 4. The number of fused-ring (bicyclic) bond motifs is 3. The lowest BCUT2D eigenvalue weighted by Crippen LogP contribution is -2.52. The van der Waals surface area contributed by atoms with Gasteiger partial charge in [-0.05, 0) is 92.9 Å². The molecular formula is C46H45ClFN5O7. The summed E-state index contributed by atoms with van der Waals surface area (Å²) < 4.78 is 36.1. The Balaban J connectivity index is 0.955. The topological polar surface area (TPSA) is 134 Å². The molecule has 1 fully saturated rings. The number of piperidine rings is 1. The molecule has 1 unspecified atom stereocenters. The smallest absolute Gasteiger partial charge is 0.255 e. The summed E-state index contributed by atoms with van der Waals surface area (Å²) in [6.45, 7) is 5.94. The first-order valence-electron chi connectivity index (χ1n) is 20.1. The van der Waals surface area contributed by atoms with Crippen LogP contribution in [0.25, 0.3) is 32.8 Å². The molecular weight excluding hydrogens is 789 g/mol. The van der Waals surface area contributed by atoms with Crippen LogP contribution in [0.1, 0.15) is 69.0 Å². The Morgan fingerprint density at radius 3 is 2.48 bits per heavy atom. The normalized spacial score (nSPS) is 15.2. The van der Waals surface area contributed by atoms with Crippen LogP contribution >= 0.6 is 11.6 Å². The molecule has 12 nitrogen and oxygen atoms in total. The molecule has 8 rings (SSSR count). The molecule has 6 aromatic rings. The number of halogens is 2. The number of amides is 3. The standard InChI is InChI=1S/C46H45ClFN5O7/c1-27-42(28(2)51(3)50-27)43-36(47)16-15-33-32(10-6-21-59-39-11-4-8-29-24-30(48)13-14-31(29)39)38(26-54)52(44(33)43)19-7-20-58-22-23-60-40-12-5-9-34-35(40)25-53(46(34)57)37-17-18-41(55)49-45(37)56/h4-5,8-9,11-16,24,26,37H,6-7,10,17-23,25H2,1-3H3,(H,49,55,56). The van der Waals surface area contributed by atoms with E-state index in [4.69, 9.17) is 25.8 Å². The first kappa shape index (κ1) is 40.7. The number of nitrogens with one attached hydrogen (secondary N) is 1. The van der Waals surface area contributed by atoms with Gasteiger partial charge in [0.1, 0.15) is 30.0 Å². The van der Waals surface area contributed by atoms with E-state index in [1.807, 2.05) is 60.5 Å².